The fourth-order valence-corrected chi connectivity index (χ4v) is 1.49. The van der Waals surface area contributed by atoms with E-state index >= 15 is 0 Å². The number of nitrogens with zero attached hydrogens (tertiary/aromatic N) is 1. The second kappa shape index (κ2) is 4.88. The van der Waals surface area contributed by atoms with Gasteiger partial charge in [-0.3, -0.25) is 4.79 Å². The predicted molar refractivity (Wildman–Crippen MR) is 63.5 cm³/mol. The molecule has 2 aromatic rings. The summed E-state index contributed by atoms with van der Waals surface area (Å²) in [4.78, 5) is 11.8. The van der Waals surface area contributed by atoms with Gasteiger partial charge in [-0.15, -0.1) is 0 Å². The lowest BCUT2D eigenvalue weighted by Gasteiger charge is -2.06. The molecule has 0 aliphatic carbocycles. The number of carbonyl (C=O) groups excluding carboxylic acids is 1. The topological polar surface area (TPSA) is 81.2 Å². The number of nitrogens with one attached hydrogen (secondary N) is 1. The second-order valence-corrected chi connectivity index (χ2v) is 3.84. The van der Waals surface area contributed by atoms with Gasteiger partial charge in [0.2, 0.25) is 0 Å². The molecule has 0 atom stereocenters. The van der Waals surface area contributed by atoms with Crippen LogP contribution in [0.2, 0.25) is 5.02 Å². The van der Waals surface area contributed by atoms with Crippen molar-refractivity contribution in [2.75, 3.05) is 5.73 Å². The molecule has 1 aromatic carbocycles. The van der Waals surface area contributed by atoms with Crippen LogP contribution in [0.4, 0.5) is 5.69 Å². The largest absolute Gasteiger partial charge is 0.398 e. The predicted octanol–water partition coefficient (Wildman–Crippen LogP) is 1.84. The summed E-state index contributed by atoms with van der Waals surface area (Å²) >= 11 is 5.80. The first kappa shape index (κ1) is 11.5. The van der Waals surface area contributed by atoms with Crippen LogP contribution < -0.4 is 11.1 Å². The van der Waals surface area contributed by atoms with Crippen molar-refractivity contribution in [3.05, 3.63) is 46.8 Å². The normalized spacial score (nSPS) is 10.2. The van der Waals surface area contributed by atoms with Crippen LogP contribution in [0.25, 0.3) is 0 Å². The Balaban J connectivity index is 2.07. The Morgan fingerprint density at radius 1 is 1.47 bits per heavy atom. The summed E-state index contributed by atoms with van der Waals surface area (Å²) in [5, 5.41) is 6.81. The van der Waals surface area contributed by atoms with Crippen LogP contribution in [0, 0.1) is 0 Å². The number of halogens is 1. The third-order valence-electron chi connectivity index (χ3n) is 2.18. The van der Waals surface area contributed by atoms with Crippen LogP contribution in [-0.4, -0.2) is 11.1 Å². The Morgan fingerprint density at radius 3 is 3.00 bits per heavy atom. The number of carbonyl (C=O) groups is 1. The van der Waals surface area contributed by atoms with Crippen LogP contribution in [0.5, 0.6) is 0 Å². The minimum atomic E-state index is -0.298. The van der Waals surface area contributed by atoms with Gasteiger partial charge in [-0.2, -0.15) is 0 Å². The van der Waals surface area contributed by atoms with Crippen molar-refractivity contribution >= 4 is 23.2 Å². The smallest absolute Gasteiger partial charge is 0.253 e. The van der Waals surface area contributed by atoms with Gasteiger partial charge in [-0.05, 0) is 18.2 Å². The highest BCUT2D eigenvalue weighted by molar-refractivity contribution is 6.31. The molecule has 0 fully saturated rings. The van der Waals surface area contributed by atoms with Gasteiger partial charge in [0.05, 0.1) is 12.1 Å². The quantitative estimate of drug-likeness (QED) is 0.816. The van der Waals surface area contributed by atoms with E-state index in [-0.39, 0.29) is 12.5 Å². The van der Waals surface area contributed by atoms with E-state index in [0.717, 1.165) is 0 Å². The highest BCUT2D eigenvalue weighted by atomic mass is 35.5. The fourth-order valence-electron chi connectivity index (χ4n) is 1.32. The maximum atomic E-state index is 11.8. The van der Waals surface area contributed by atoms with Gasteiger partial charge in [0.25, 0.3) is 5.91 Å². The number of nitrogens with two attached hydrogens (primary N) is 1. The first-order chi connectivity index (χ1) is 8.16. The van der Waals surface area contributed by atoms with Crippen molar-refractivity contribution < 1.29 is 9.32 Å². The summed E-state index contributed by atoms with van der Waals surface area (Å²) in [6.07, 6.45) is 1.44. The minimum absolute atomic E-state index is 0.279. The fraction of sp³-hybridized carbons (Fsp3) is 0.0909. The van der Waals surface area contributed by atoms with E-state index in [1.54, 1.807) is 18.2 Å². The average Bonchev–Trinajstić information content (AvgIpc) is 2.82. The van der Waals surface area contributed by atoms with Gasteiger partial charge < -0.3 is 15.6 Å². The lowest BCUT2D eigenvalue weighted by Crippen LogP contribution is -2.23. The zero-order valence-electron chi connectivity index (χ0n) is 8.81. The molecule has 17 heavy (non-hydrogen) atoms. The molecule has 0 saturated heterocycles. The number of hydrogen-bond donors (Lipinski definition) is 2. The minimum Gasteiger partial charge on any atom is -0.398 e. The highest BCUT2D eigenvalue weighted by Crippen LogP contribution is 2.17. The standard InChI is InChI=1S/C11H10ClN3O2/c12-7-1-2-10(13)9(5-7)11(16)14-6-8-3-4-17-15-8/h1-5H,6,13H2,(H,14,16). The number of anilines is 1. The molecule has 1 heterocycles. The van der Waals surface area contributed by atoms with E-state index in [4.69, 9.17) is 17.3 Å². The van der Waals surface area contributed by atoms with Crippen molar-refractivity contribution in [1.82, 2.24) is 10.5 Å². The Labute approximate surface area is 103 Å². The maximum absolute atomic E-state index is 11.8. The zero-order chi connectivity index (χ0) is 12.3. The van der Waals surface area contributed by atoms with Crippen LogP contribution >= 0.6 is 11.6 Å². The molecule has 0 aliphatic heterocycles. The van der Waals surface area contributed by atoms with E-state index in [2.05, 4.69) is 15.0 Å². The van der Waals surface area contributed by atoms with Crippen molar-refractivity contribution in [2.24, 2.45) is 0 Å². The summed E-state index contributed by atoms with van der Waals surface area (Å²) in [7, 11) is 0. The van der Waals surface area contributed by atoms with E-state index in [1.807, 2.05) is 0 Å². The number of rotatable bonds is 3. The van der Waals surface area contributed by atoms with Crippen LogP contribution in [0.15, 0.2) is 35.1 Å². The van der Waals surface area contributed by atoms with Gasteiger partial charge in [0, 0.05) is 16.8 Å². The lowest BCUT2D eigenvalue weighted by atomic mass is 10.1. The molecule has 6 heteroatoms. The van der Waals surface area contributed by atoms with Gasteiger partial charge in [-0.25, -0.2) is 0 Å². The summed E-state index contributed by atoms with van der Waals surface area (Å²) < 4.78 is 4.65. The molecule has 1 amide bonds. The first-order valence-corrected chi connectivity index (χ1v) is 5.27. The Morgan fingerprint density at radius 2 is 2.29 bits per heavy atom. The molecular formula is C11H10ClN3O2. The van der Waals surface area contributed by atoms with Crippen molar-refractivity contribution in [3.8, 4) is 0 Å². The summed E-state index contributed by atoms with van der Waals surface area (Å²) in [5.74, 6) is -0.298. The van der Waals surface area contributed by atoms with Gasteiger partial charge in [0.15, 0.2) is 0 Å². The Bertz CT molecular complexity index is 526. The van der Waals surface area contributed by atoms with E-state index in [1.165, 1.54) is 12.3 Å². The lowest BCUT2D eigenvalue weighted by molar-refractivity contribution is 0.0951. The third-order valence-corrected chi connectivity index (χ3v) is 2.42. The Hall–Kier alpha value is -2.01. The van der Waals surface area contributed by atoms with Crippen molar-refractivity contribution in [1.29, 1.82) is 0 Å². The second-order valence-electron chi connectivity index (χ2n) is 3.41. The molecule has 1 aromatic heterocycles. The van der Waals surface area contributed by atoms with Gasteiger partial charge in [-0.1, -0.05) is 16.8 Å². The molecule has 88 valence electrons. The maximum Gasteiger partial charge on any atom is 0.253 e. The third kappa shape index (κ3) is 2.76. The number of benzene rings is 1. The molecule has 0 radical (unpaired) electrons. The van der Waals surface area contributed by atoms with Crippen molar-refractivity contribution in [2.45, 2.75) is 6.54 Å². The molecule has 0 unspecified atom stereocenters. The van der Waals surface area contributed by atoms with Crippen LogP contribution in [-0.2, 0) is 6.54 Å². The Kier molecular flexibility index (Phi) is 3.30. The molecule has 0 bridgehead atoms. The number of aromatic nitrogens is 1. The van der Waals surface area contributed by atoms with Crippen LogP contribution in [0.3, 0.4) is 0 Å². The SMILES string of the molecule is Nc1ccc(Cl)cc1C(=O)NCc1ccon1. The van der Waals surface area contributed by atoms with E-state index in [9.17, 15) is 4.79 Å². The first-order valence-electron chi connectivity index (χ1n) is 4.89. The monoisotopic (exact) mass is 251 g/mol. The molecule has 0 saturated carbocycles. The number of hydrogen-bond acceptors (Lipinski definition) is 4. The molecular weight excluding hydrogens is 242 g/mol. The summed E-state index contributed by atoms with van der Waals surface area (Å²) in [6, 6.07) is 6.41. The van der Waals surface area contributed by atoms with E-state index < -0.39 is 0 Å². The molecule has 0 aliphatic rings. The van der Waals surface area contributed by atoms with Crippen LogP contribution in [0.1, 0.15) is 16.1 Å². The van der Waals surface area contributed by atoms with Crippen molar-refractivity contribution in [3.63, 3.8) is 0 Å². The van der Waals surface area contributed by atoms with Gasteiger partial charge in [0.1, 0.15) is 12.0 Å². The molecule has 3 N–H and O–H groups in total. The summed E-state index contributed by atoms with van der Waals surface area (Å²) in [5.41, 5.74) is 7.05. The average molecular weight is 252 g/mol. The summed E-state index contributed by atoms with van der Waals surface area (Å²) in [6.45, 7) is 0.279. The molecule has 2 rings (SSSR count). The van der Waals surface area contributed by atoms with E-state index in [0.29, 0.717) is 22.0 Å². The highest BCUT2D eigenvalue weighted by Gasteiger charge is 2.10. The molecule has 5 nitrogen and oxygen atoms in total. The molecule has 0 spiro atoms. The number of nitrogen functional groups attached to an aromatic ring is 1. The number of amides is 1. The zero-order valence-corrected chi connectivity index (χ0v) is 9.57. The van der Waals surface area contributed by atoms with Gasteiger partial charge >= 0.3 is 0 Å².